The standard InChI is InChI=1S/C14H12BrClO/c1-10-5-2-3-7-13(10)17-14-8-4-6-12(16)11(14)9-15/h2-8H,9H2,1H3. The minimum absolute atomic E-state index is 0.674. The van der Waals surface area contributed by atoms with E-state index in [9.17, 15) is 0 Å². The molecule has 0 aromatic heterocycles. The first kappa shape index (κ1) is 12.5. The Morgan fingerprint density at radius 3 is 2.47 bits per heavy atom. The lowest BCUT2D eigenvalue weighted by Crippen LogP contribution is -1.92. The quantitative estimate of drug-likeness (QED) is 0.696. The van der Waals surface area contributed by atoms with E-state index in [-0.39, 0.29) is 0 Å². The van der Waals surface area contributed by atoms with Gasteiger partial charge in [-0.2, -0.15) is 0 Å². The number of para-hydroxylation sites is 1. The van der Waals surface area contributed by atoms with Crippen molar-refractivity contribution >= 4 is 27.5 Å². The summed E-state index contributed by atoms with van der Waals surface area (Å²) in [6.45, 7) is 2.02. The minimum Gasteiger partial charge on any atom is -0.457 e. The second-order valence-corrected chi connectivity index (χ2v) is 4.69. The van der Waals surface area contributed by atoms with Gasteiger partial charge in [0.2, 0.25) is 0 Å². The number of halogens is 2. The van der Waals surface area contributed by atoms with Crippen LogP contribution in [0.15, 0.2) is 42.5 Å². The van der Waals surface area contributed by atoms with E-state index in [1.54, 1.807) is 0 Å². The number of aryl methyl sites for hydroxylation is 1. The number of ether oxygens (including phenoxy) is 1. The zero-order chi connectivity index (χ0) is 12.3. The number of alkyl halides is 1. The molecule has 0 fully saturated rings. The Morgan fingerprint density at radius 2 is 1.76 bits per heavy atom. The van der Waals surface area contributed by atoms with E-state index < -0.39 is 0 Å². The topological polar surface area (TPSA) is 9.23 Å². The summed E-state index contributed by atoms with van der Waals surface area (Å²) in [7, 11) is 0. The summed E-state index contributed by atoms with van der Waals surface area (Å²) >= 11 is 9.55. The van der Waals surface area contributed by atoms with Gasteiger partial charge in [0.05, 0.1) is 0 Å². The van der Waals surface area contributed by atoms with Crippen LogP contribution < -0.4 is 4.74 Å². The van der Waals surface area contributed by atoms with E-state index in [0.29, 0.717) is 10.4 Å². The molecule has 88 valence electrons. The van der Waals surface area contributed by atoms with Crippen LogP contribution in [0.3, 0.4) is 0 Å². The van der Waals surface area contributed by atoms with Gasteiger partial charge in [0.15, 0.2) is 0 Å². The van der Waals surface area contributed by atoms with Crippen LogP contribution in [0.2, 0.25) is 5.02 Å². The Balaban J connectivity index is 2.37. The molecule has 2 rings (SSSR count). The van der Waals surface area contributed by atoms with Gasteiger partial charge in [-0.05, 0) is 30.7 Å². The molecule has 0 saturated heterocycles. The molecule has 0 unspecified atom stereocenters. The van der Waals surface area contributed by atoms with Crippen LogP contribution in [-0.4, -0.2) is 0 Å². The fraction of sp³-hybridized carbons (Fsp3) is 0.143. The molecule has 0 aliphatic carbocycles. The monoisotopic (exact) mass is 310 g/mol. The summed E-state index contributed by atoms with van der Waals surface area (Å²) in [5, 5.41) is 1.39. The average Bonchev–Trinajstić information content (AvgIpc) is 2.32. The Kier molecular flexibility index (Phi) is 4.08. The van der Waals surface area contributed by atoms with Crippen molar-refractivity contribution in [2.24, 2.45) is 0 Å². The lowest BCUT2D eigenvalue weighted by molar-refractivity contribution is 0.475. The van der Waals surface area contributed by atoms with Crippen molar-refractivity contribution in [1.82, 2.24) is 0 Å². The van der Waals surface area contributed by atoms with Crippen LogP contribution >= 0.6 is 27.5 Å². The Morgan fingerprint density at radius 1 is 1.06 bits per heavy atom. The van der Waals surface area contributed by atoms with Gasteiger partial charge in [0.25, 0.3) is 0 Å². The van der Waals surface area contributed by atoms with Crippen molar-refractivity contribution in [3.8, 4) is 11.5 Å². The molecule has 0 bridgehead atoms. The van der Waals surface area contributed by atoms with E-state index >= 15 is 0 Å². The van der Waals surface area contributed by atoms with Crippen LogP contribution in [0.25, 0.3) is 0 Å². The van der Waals surface area contributed by atoms with Crippen LogP contribution in [0.4, 0.5) is 0 Å². The highest BCUT2D eigenvalue weighted by Gasteiger charge is 2.08. The van der Waals surface area contributed by atoms with E-state index in [0.717, 1.165) is 22.6 Å². The molecule has 0 saturated carbocycles. The molecule has 2 aromatic rings. The van der Waals surface area contributed by atoms with Gasteiger partial charge in [-0.3, -0.25) is 0 Å². The zero-order valence-corrected chi connectivity index (χ0v) is 11.8. The lowest BCUT2D eigenvalue weighted by Gasteiger charge is -2.12. The van der Waals surface area contributed by atoms with Gasteiger partial charge in [0.1, 0.15) is 11.5 Å². The fourth-order valence-corrected chi connectivity index (χ4v) is 2.53. The first-order chi connectivity index (χ1) is 8.22. The average molecular weight is 312 g/mol. The molecule has 0 N–H and O–H groups in total. The highest BCUT2D eigenvalue weighted by atomic mass is 79.9. The third-order valence-electron chi connectivity index (χ3n) is 2.52. The molecule has 0 radical (unpaired) electrons. The summed E-state index contributed by atoms with van der Waals surface area (Å²) in [5.41, 5.74) is 2.07. The number of benzene rings is 2. The van der Waals surface area contributed by atoms with E-state index in [1.165, 1.54) is 0 Å². The second kappa shape index (κ2) is 5.56. The molecular formula is C14H12BrClO. The maximum absolute atomic E-state index is 6.13. The van der Waals surface area contributed by atoms with E-state index in [4.69, 9.17) is 16.3 Å². The zero-order valence-electron chi connectivity index (χ0n) is 9.41. The Hall–Kier alpha value is -0.990. The van der Waals surface area contributed by atoms with E-state index in [1.807, 2.05) is 49.4 Å². The van der Waals surface area contributed by atoms with Gasteiger partial charge >= 0.3 is 0 Å². The van der Waals surface area contributed by atoms with Gasteiger partial charge < -0.3 is 4.74 Å². The predicted molar refractivity (Wildman–Crippen MR) is 75.3 cm³/mol. The number of hydrogen-bond acceptors (Lipinski definition) is 1. The maximum Gasteiger partial charge on any atom is 0.132 e. The Bertz CT molecular complexity index is 525. The molecule has 1 nitrogen and oxygen atoms in total. The van der Waals surface area contributed by atoms with Gasteiger partial charge in [-0.15, -0.1) is 0 Å². The third-order valence-corrected chi connectivity index (χ3v) is 3.44. The molecule has 3 heteroatoms. The molecule has 2 aromatic carbocycles. The lowest BCUT2D eigenvalue weighted by atomic mass is 10.2. The number of rotatable bonds is 3. The van der Waals surface area contributed by atoms with Crippen LogP contribution in [0, 0.1) is 6.92 Å². The van der Waals surface area contributed by atoms with Crippen molar-refractivity contribution in [2.75, 3.05) is 0 Å². The van der Waals surface area contributed by atoms with Crippen molar-refractivity contribution < 1.29 is 4.74 Å². The third kappa shape index (κ3) is 2.82. The molecule has 0 amide bonds. The highest BCUT2D eigenvalue weighted by molar-refractivity contribution is 9.08. The molecule has 0 atom stereocenters. The summed E-state index contributed by atoms with van der Waals surface area (Å²) < 4.78 is 5.90. The number of hydrogen-bond donors (Lipinski definition) is 0. The van der Waals surface area contributed by atoms with Crippen molar-refractivity contribution in [1.29, 1.82) is 0 Å². The summed E-state index contributed by atoms with van der Waals surface area (Å²) in [4.78, 5) is 0. The molecule has 0 spiro atoms. The normalized spacial score (nSPS) is 10.3. The van der Waals surface area contributed by atoms with Gasteiger partial charge in [-0.25, -0.2) is 0 Å². The highest BCUT2D eigenvalue weighted by Crippen LogP contribution is 2.33. The largest absolute Gasteiger partial charge is 0.457 e. The molecule has 17 heavy (non-hydrogen) atoms. The van der Waals surface area contributed by atoms with Crippen LogP contribution in [-0.2, 0) is 5.33 Å². The van der Waals surface area contributed by atoms with Crippen molar-refractivity contribution in [2.45, 2.75) is 12.3 Å². The predicted octanol–water partition coefficient (Wildman–Crippen LogP) is 5.34. The first-order valence-electron chi connectivity index (χ1n) is 5.29. The second-order valence-electron chi connectivity index (χ2n) is 3.72. The van der Waals surface area contributed by atoms with Gasteiger partial charge in [0, 0.05) is 15.9 Å². The molecule has 0 heterocycles. The summed E-state index contributed by atoms with van der Waals surface area (Å²) in [6, 6.07) is 13.6. The summed E-state index contributed by atoms with van der Waals surface area (Å²) in [6.07, 6.45) is 0. The van der Waals surface area contributed by atoms with Crippen molar-refractivity contribution in [3.05, 3.63) is 58.6 Å². The maximum atomic E-state index is 6.13. The fourth-order valence-electron chi connectivity index (χ4n) is 1.55. The molecule has 0 aliphatic heterocycles. The van der Waals surface area contributed by atoms with Crippen LogP contribution in [0.1, 0.15) is 11.1 Å². The smallest absolute Gasteiger partial charge is 0.132 e. The molecular weight excluding hydrogens is 300 g/mol. The first-order valence-corrected chi connectivity index (χ1v) is 6.79. The molecule has 0 aliphatic rings. The van der Waals surface area contributed by atoms with Gasteiger partial charge in [-0.1, -0.05) is 51.8 Å². The Labute approximate surface area is 115 Å². The summed E-state index contributed by atoms with van der Waals surface area (Å²) in [5.74, 6) is 1.65. The van der Waals surface area contributed by atoms with E-state index in [2.05, 4.69) is 15.9 Å². The van der Waals surface area contributed by atoms with Crippen LogP contribution in [0.5, 0.6) is 11.5 Å². The minimum atomic E-state index is 0.674. The SMILES string of the molecule is Cc1ccccc1Oc1cccc(Cl)c1CBr. The van der Waals surface area contributed by atoms with Crippen molar-refractivity contribution in [3.63, 3.8) is 0 Å².